The zero-order chi connectivity index (χ0) is 14.5. The maximum atomic E-state index is 12.2. The van der Waals surface area contributed by atoms with E-state index in [0.29, 0.717) is 12.5 Å². The molecule has 5 nitrogen and oxygen atoms in total. The van der Waals surface area contributed by atoms with E-state index in [4.69, 9.17) is 10.5 Å². The first-order valence-electron chi connectivity index (χ1n) is 7.95. The zero-order valence-corrected chi connectivity index (χ0v) is 12.8. The van der Waals surface area contributed by atoms with Crippen LogP contribution >= 0.6 is 0 Å². The molecule has 4 atom stereocenters. The molecule has 1 saturated heterocycles. The Bertz CT molecular complexity index is 314. The Hall–Kier alpha value is -0.650. The molecule has 2 fully saturated rings. The van der Waals surface area contributed by atoms with Crippen molar-refractivity contribution in [2.24, 2.45) is 17.6 Å². The SMILES string of the molecule is CCN1CCOC(CNC(=O)C2CC(C)CC(N)C2)C1. The Labute approximate surface area is 122 Å². The van der Waals surface area contributed by atoms with Crippen molar-refractivity contribution in [3.63, 3.8) is 0 Å². The standard InChI is InChI=1S/C15H29N3O2/c1-3-18-4-5-20-14(10-18)9-17-15(19)12-6-11(2)7-13(16)8-12/h11-14H,3-10,16H2,1-2H3,(H,17,19). The van der Waals surface area contributed by atoms with E-state index in [1.165, 1.54) is 0 Å². The smallest absolute Gasteiger partial charge is 0.223 e. The Morgan fingerprint density at radius 2 is 2.20 bits per heavy atom. The summed E-state index contributed by atoms with van der Waals surface area (Å²) in [6.07, 6.45) is 2.96. The topological polar surface area (TPSA) is 67.6 Å². The predicted molar refractivity (Wildman–Crippen MR) is 79.3 cm³/mol. The molecule has 116 valence electrons. The number of nitrogens with zero attached hydrogens (tertiary/aromatic N) is 1. The van der Waals surface area contributed by atoms with Crippen molar-refractivity contribution in [1.29, 1.82) is 0 Å². The Morgan fingerprint density at radius 3 is 2.90 bits per heavy atom. The normalized spacial score (nSPS) is 35.8. The van der Waals surface area contributed by atoms with Crippen molar-refractivity contribution in [3.8, 4) is 0 Å². The minimum absolute atomic E-state index is 0.0830. The van der Waals surface area contributed by atoms with Crippen molar-refractivity contribution in [2.75, 3.05) is 32.8 Å². The third-order valence-corrected chi connectivity index (χ3v) is 4.52. The zero-order valence-electron chi connectivity index (χ0n) is 12.8. The first-order valence-corrected chi connectivity index (χ1v) is 7.95. The van der Waals surface area contributed by atoms with E-state index < -0.39 is 0 Å². The van der Waals surface area contributed by atoms with Crippen LogP contribution in [-0.2, 0) is 9.53 Å². The van der Waals surface area contributed by atoms with E-state index in [-0.39, 0.29) is 24.0 Å². The highest BCUT2D eigenvalue weighted by Crippen LogP contribution is 2.28. The van der Waals surface area contributed by atoms with Crippen molar-refractivity contribution in [1.82, 2.24) is 10.2 Å². The highest BCUT2D eigenvalue weighted by Gasteiger charge is 2.29. The molecule has 0 bridgehead atoms. The van der Waals surface area contributed by atoms with E-state index >= 15 is 0 Å². The summed E-state index contributed by atoms with van der Waals surface area (Å²) < 4.78 is 5.71. The summed E-state index contributed by atoms with van der Waals surface area (Å²) in [4.78, 5) is 14.6. The molecule has 0 aromatic heterocycles. The van der Waals surface area contributed by atoms with Crippen LogP contribution in [0.2, 0.25) is 0 Å². The molecule has 0 aromatic rings. The number of nitrogens with one attached hydrogen (secondary N) is 1. The highest BCUT2D eigenvalue weighted by molar-refractivity contribution is 5.78. The number of amides is 1. The number of carbonyl (C=O) groups excluding carboxylic acids is 1. The third kappa shape index (κ3) is 4.43. The minimum Gasteiger partial charge on any atom is -0.374 e. The second kappa shape index (κ2) is 7.38. The van der Waals surface area contributed by atoms with Gasteiger partial charge in [0.1, 0.15) is 0 Å². The van der Waals surface area contributed by atoms with Crippen LogP contribution in [0, 0.1) is 11.8 Å². The molecule has 20 heavy (non-hydrogen) atoms. The molecular weight excluding hydrogens is 254 g/mol. The lowest BCUT2D eigenvalue weighted by molar-refractivity contribution is -0.127. The molecule has 0 aromatic carbocycles. The molecular formula is C15H29N3O2. The number of rotatable bonds is 4. The molecule has 1 aliphatic heterocycles. The van der Waals surface area contributed by atoms with Crippen LogP contribution in [0.15, 0.2) is 0 Å². The molecule has 0 spiro atoms. The lowest BCUT2D eigenvalue weighted by atomic mass is 9.79. The maximum Gasteiger partial charge on any atom is 0.223 e. The first-order chi connectivity index (χ1) is 9.58. The fourth-order valence-electron chi connectivity index (χ4n) is 3.42. The van der Waals surface area contributed by atoms with Crippen LogP contribution in [0.3, 0.4) is 0 Å². The van der Waals surface area contributed by atoms with Gasteiger partial charge in [0.15, 0.2) is 0 Å². The molecule has 1 saturated carbocycles. The molecule has 1 heterocycles. The predicted octanol–water partition coefficient (Wildman–Crippen LogP) is 0.587. The van der Waals surface area contributed by atoms with Crippen molar-refractivity contribution in [2.45, 2.75) is 45.3 Å². The molecule has 3 N–H and O–H groups in total. The summed E-state index contributed by atoms with van der Waals surface area (Å²) in [5.41, 5.74) is 6.02. The molecule has 5 heteroatoms. The van der Waals surface area contributed by atoms with Crippen LogP contribution < -0.4 is 11.1 Å². The average Bonchev–Trinajstić information content (AvgIpc) is 2.44. The fourth-order valence-corrected chi connectivity index (χ4v) is 3.42. The first kappa shape index (κ1) is 15.7. The second-order valence-electron chi connectivity index (χ2n) is 6.40. The van der Waals surface area contributed by atoms with E-state index in [1.54, 1.807) is 0 Å². The number of nitrogens with two attached hydrogens (primary N) is 1. The van der Waals surface area contributed by atoms with Gasteiger partial charge in [0.2, 0.25) is 5.91 Å². The van der Waals surface area contributed by atoms with Gasteiger partial charge >= 0.3 is 0 Å². The fraction of sp³-hybridized carbons (Fsp3) is 0.933. The summed E-state index contributed by atoms with van der Waals surface area (Å²) in [5, 5.41) is 3.06. The number of morpholine rings is 1. The second-order valence-corrected chi connectivity index (χ2v) is 6.40. The third-order valence-electron chi connectivity index (χ3n) is 4.52. The van der Waals surface area contributed by atoms with Gasteiger partial charge in [-0.2, -0.15) is 0 Å². The van der Waals surface area contributed by atoms with Gasteiger partial charge in [-0.3, -0.25) is 9.69 Å². The lowest BCUT2D eigenvalue weighted by Gasteiger charge is -2.33. The van der Waals surface area contributed by atoms with Crippen molar-refractivity contribution >= 4 is 5.91 Å². The minimum atomic E-state index is 0.0830. The monoisotopic (exact) mass is 283 g/mol. The molecule has 0 radical (unpaired) electrons. The van der Waals surface area contributed by atoms with Gasteiger partial charge in [0.05, 0.1) is 12.7 Å². The van der Waals surface area contributed by atoms with Crippen LogP contribution in [0.4, 0.5) is 0 Å². The molecule has 1 amide bonds. The van der Waals surface area contributed by atoms with Crippen LogP contribution in [-0.4, -0.2) is 55.7 Å². The number of carbonyl (C=O) groups is 1. The van der Waals surface area contributed by atoms with Gasteiger partial charge in [-0.05, 0) is 31.7 Å². The number of ether oxygens (including phenoxy) is 1. The largest absolute Gasteiger partial charge is 0.374 e. The molecule has 2 aliphatic rings. The Balaban J connectivity index is 1.74. The van der Waals surface area contributed by atoms with Gasteiger partial charge in [-0.25, -0.2) is 0 Å². The summed E-state index contributed by atoms with van der Waals surface area (Å²) in [5.74, 6) is 0.792. The summed E-state index contributed by atoms with van der Waals surface area (Å²) in [6, 6.07) is 0.177. The van der Waals surface area contributed by atoms with Crippen molar-refractivity contribution in [3.05, 3.63) is 0 Å². The molecule has 4 unspecified atom stereocenters. The van der Waals surface area contributed by atoms with Gasteiger partial charge < -0.3 is 15.8 Å². The van der Waals surface area contributed by atoms with Gasteiger partial charge in [-0.1, -0.05) is 13.8 Å². The lowest BCUT2D eigenvalue weighted by Crippen LogP contribution is -2.49. The highest BCUT2D eigenvalue weighted by atomic mass is 16.5. The van der Waals surface area contributed by atoms with E-state index in [9.17, 15) is 4.79 Å². The Kier molecular flexibility index (Phi) is 5.81. The van der Waals surface area contributed by atoms with Gasteiger partial charge in [-0.15, -0.1) is 0 Å². The molecule has 2 rings (SSSR count). The van der Waals surface area contributed by atoms with Crippen LogP contribution in [0.25, 0.3) is 0 Å². The summed E-state index contributed by atoms with van der Waals surface area (Å²) >= 11 is 0. The number of likely N-dealkylation sites (N-methyl/N-ethyl adjacent to an activating group) is 1. The summed E-state index contributed by atoms with van der Waals surface area (Å²) in [6.45, 7) is 8.68. The van der Waals surface area contributed by atoms with E-state index in [2.05, 4.69) is 24.1 Å². The summed E-state index contributed by atoms with van der Waals surface area (Å²) in [7, 11) is 0. The van der Waals surface area contributed by atoms with Crippen LogP contribution in [0.5, 0.6) is 0 Å². The van der Waals surface area contributed by atoms with Gasteiger partial charge in [0, 0.05) is 31.6 Å². The van der Waals surface area contributed by atoms with Crippen molar-refractivity contribution < 1.29 is 9.53 Å². The molecule has 1 aliphatic carbocycles. The number of hydrogen-bond acceptors (Lipinski definition) is 4. The van der Waals surface area contributed by atoms with E-state index in [1.807, 2.05) is 0 Å². The Morgan fingerprint density at radius 1 is 1.40 bits per heavy atom. The van der Waals surface area contributed by atoms with E-state index in [0.717, 1.165) is 45.5 Å². The van der Waals surface area contributed by atoms with Crippen LogP contribution in [0.1, 0.15) is 33.1 Å². The average molecular weight is 283 g/mol. The maximum absolute atomic E-state index is 12.2. The van der Waals surface area contributed by atoms with Gasteiger partial charge in [0.25, 0.3) is 0 Å². The number of hydrogen-bond donors (Lipinski definition) is 2. The quantitative estimate of drug-likeness (QED) is 0.792.